The molecule has 0 aromatic carbocycles. The van der Waals surface area contributed by atoms with Gasteiger partial charge < -0.3 is 5.73 Å². The first kappa shape index (κ1) is 13.6. The fraction of sp³-hybridized carbons (Fsp3) is 0.786. The van der Waals surface area contributed by atoms with E-state index < -0.39 is 0 Å². The van der Waals surface area contributed by atoms with Crippen LogP contribution in [0, 0.1) is 6.92 Å². The van der Waals surface area contributed by atoms with E-state index in [1.165, 1.54) is 50.8 Å². The zero-order chi connectivity index (χ0) is 13.0. The Bertz CT molecular complexity index is 364. The standard InChI is InChI=1S/C14H26N4/c1-12-13(11-17(2)16-12)14(10-15)18-8-6-4-3-5-7-9-18/h11,14H,3-10,15H2,1-2H3. The lowest BCUT2D eigenvalue weighted by Crippen LogP contribution is -2.36. The molecule has 2 N–H and O–H groups in total. The number of nitrogens with two attached hydrogens (primary N) is 1. The van der Waals surface area contributed by atoms with Crippen LogP contribution < -0.4 is 5.73 Å². The molecule has 0 saturated carbocycles. The summed E-state index contributed by atoms with van der Waals surface area (Å²) in [6.45, 7) is 5.13. The molecule has 1 saturated heterocycles. The molecule has 1 atom stereocenters. The van der Waals surface area contributed by atoms with Crippen molar-refractivity contribution in [1.82, 2.24) is 14.7 Å². The Morgan fingerprint density at radius 1 is 1.22 bits per heavy atom. The van der Waals surface area contributed by atoms with Crippen LogP contribution in [0.15, 0.2) is 6.20 Å². The summed E-state index contributed by atoms with van der Waals surface area (Å²) in [7, 11) is 1.98. The van der Waals surface area contributed by atoms with E-state index in [-0.39, 0.29) is 0 Å². The number of hydrogen-bond acceptors (Lipinski definition) is 3. The molecular formula is C14H26N4. The second-order valence-electron chi connectivity index (χ2n) is 5.40. The Kier molecular flexibility index (Phi) is 4.78. The minimum atomic E-state index is 0.344. The van der Waals surface area contributed by atoms with Crippen LogP contribution in [0.25, 0.3) is 0 Å². The number of likely N-dealkylation sites (tertiary alicyclic amines) is 1. The van der Waals surface area contributed by atoms with Crippen molar-refractivity contribution >= 4 is 0 Å². The Hall–Kier alpha value is -0.870. The average Bonchev–Trinajstić information content (AvgIpc) is 2.62. The van der Waals surface area contributed by atoms with E-state index in [2.05, 4.69) is 23.1 Å². The summed E-state index contributed by atoms with van der Waals surface area (Å²) in [4.78, 5) is 2.56. The topological polar surface area (TPSA) is 47.1 Å². The summed E-state index contributed by atoms with van der Waals surface area (Å²) in [6, 6.07) is 0.344. The van der Waals surface area contributed by atoms with Gasteiger partial charge in [0.05, 0.1) is 11.7 Å². The lowest BCUT2D eigenvalue weighted by Gasteiger charge is -2.32. The fourth-order valence-corrected chi connectivity index (χ4v) is 3.00. The molecule has 1 aliphatic heterocycles. The van der Waals surface area contributed by atoms with Crippen LogP contribution >= 0.6 is 0 Å². The molecule has 18 heavy (non-hydrogen) atoms. The van der Waals surface area contributed by atoms with Gasteiger partial charge in [-0.1, -0.05) is 19.3 Å². The highest BCUT2D eigenvalue weighted by Gasteiger charge is 2.22. The molecule has 2 rings (SSSR count). The van der Waals surface area contributed by atoms with Gasteiger partial charge in [0, 0.05) is 25.4 Å². The van der Waals surface area contributed by atoms with Gasteiger partial charge in [-0.25, -0.2) is 0 Å². The Morgan fingerprint density at radius 3 is 2.33 bits per heavy atom. The number of rotatable bonds is 3. The molecule has 0 amide bonds. The van der Waals surface area contributed by atoms with Crippen molar-refractivity contribution in [2.45, 2.75) is 45.1 Å². The van der Waals surface area contributed by atoms with Crippen LogP contribution in [-0.2, 0) is 7.05 Å². The van der Waals surface area contributed by atoms with Crippen molar-refractivity contribution in [1.29, 1.82) is 0 Å². The number of nitrogens with zero attached hydrogens (tertiary/aromatic N) is 3. The van der Waals surface area contributed by atoms with Crippen molar-refractivity contribution in [2.75, 3.05) is 19.6 Å². The van der Waals surface area contributed by atoms with Gasteiger partial charge in [-0.05, 0) is 32.9 Å². The van der Waals surface area contributed by atoms with Gasteiger partial charge in [0.15, 0.2) is 0 Å². The maximum atomic E-state index is 6.03. The molecule has 1 aromatic rings. The molecule has 4 heteroatoms. The zero-order valence-corrected chi connectivity index (χ0v) is 11.7. The molecule has 102 valence electrons. The highest BCUT2D eigenvalue weighted by molar-refractivity contribution is 5.20. The third-order valence-corrected chi connectivity index (χ3v) is 3.97. The van der Waals surface area contributed by atoms with Crippen LogP contribution in [0.1, 0.15) is 49.4 Å². The predicted octanol–water partition coefficient (Wildman–Crippen LogP) is 1.99. The molecule has 0 bridgehead atoms. The normalized spacial score (nSPS) is 20.4. The average molecular weight is 250 g/mol. The van der Waals surface area contributed by atoms with Gasteiger partial charge in [0.2, 0.25) is 0 Å². The van der Waals surface area contributed by atoms with Gasteiger partial charge in [0.25, 0.3) is 0 Å². The number of aryl methyl sites for hydroxylation is 2. The third-order valence-electron chi connectivity index (χ3n) is 3.97. The molecular weight excluding hydrogens is 224 g/mol. The van der Waals surface area contributed by atoms with Gasteiger partial charge >= 0.3 is 0 Å². The van der Waals surface area contributed by atoms with Crippen LogP contribution in [0.4, 0.5) is 0 Å². The van der Waals surface area contributed by atoms with E-state index in [0.29, 0.717) is 12.6 Å². The van der Waals surface area contributed by atoms with E-state index in [4.69, 9.17) is 5.73 Å². The molecule has 0 spiro atoms. The second-order valence-corrected chi connectivity index (χ2v) is 5.40. The van der Waals surface area contributed by atoms with E-state index in [1.54, 1.807) is 0 Å². The maximum Gasteiger partial charge on any atom is 0.0641 e. The molecule has 1 fully saturated rings. The van der Waals surface area contributed by atoms with Crippen LogP contribution in [-0.4, -0.2) is 34.3 Å². The van der Waals surface area contributed by atoms with Crippen molar-refractivity contribution in [3.8, 4) is 0 Å². The van der Waals surface area contributed by atoms with Gasteiger partial charge in [0.1, 0.15) is 0 Å². The van der Waals surface area contributed by atoms with E-state index in [0.717, 1.165) is 5.69 Å². The van der Waals surface area contributed by atoms with Crippen LogP contribution in [0.2, 0.25) is 0 Å². The monoisotopic (exact) mass is 250 g/mol. The summed E-state index contributed by atoms with van der Waals surface area (Å²) >= 11 is 0. The van der Waals surface area contributed by atoms with E-state index >= 15 is 0 Å². The number of aromatic nitrogens is 2. The summed E-state index contributed by atoms with van der Waals surface area (Å²) in [5.74, 6) is 0. The summed E-state index contributed by atoms with van der Waals surface area (Å²) in [5, 5.41) is 4.45. The lowest BCUT2D eigenvalue weighted by atomic mass is 10.0. The van der Waals surface area contributed by atoms with Gasteiger partial charge in [-0.15, -0.1) is 0 Å². The summed E-state index contributed by atoms with van der Waals surface area (Å²) < 4.78 is 1.90. The van der Waals surface area contributed by atoms with Crippen LogP contribution in [0.3, 0.4) is 0 Å². The quantitative estimate of drug-likeness (QED) is 0.892. The smallest absolute Gasteiger partial charge is 0.0641 e. The molecule has 2 heterocycles. The Morgan fingerprint density at radius 2 is 1.83 bits per heavy atom. The maximum absolute atomic E-state index is 6.03. The van der Waals surface area contributed by atoms with Crippen molar-refractivity contribution in [3.63, 3.8) is 0 Å². The van der Waals surface area contributed by atoms with Crippen molar-refractivity contribution in [3.05, 3.63) is 17.5 Å². The molecule has 1 aromatic heterocycles. The first-order chi connectivity index (χ1) is 8.72. The van der Waals surface area contributed by atoms with Crippen molar-refractivity contribution in [2.24, 2.45) is 12.8 Å². The summed E-state index contributed by atoms with van der Waals surface area (Å²) in [6.07, 6.45) is 8.85. The minimum absolute atomic E-state index is 0.344. The highest BCUT2D eigenvalue weighted by Crippen LogP contribution is 2.24. The second kappa shape index (κ2) is 6.34. The minimum Gasteiger partial charge on any atom is -0.329 e. The molecule has 1 aliphatic rings. The number of hydrogen-bond donors (Lipinski definition) is 1. The molecule has 0 aliphatic carbocycles. The highest BCUT2D eigenvalue weighted by atomic mass is 15.3. The van der Waals surface area contributed by atoms with Crippen molar-refractivity contribution < 1.29 is 0 Å². The third kappa shape index (κ3) is 3.12. The fourth-order valence-electron chi connectivity index (χ4n) is 3.00. The first-order valence-corrected chi connectivity index (χ1v) is 7.16. The SMILES string of the molecule is Cc1nn(C)cc1C(CN)N1CCCCCCC1. The Labute approximate surface area is 110 Å². The molecule has 0 radical (unpaired) electrons. The van der Waals surface area contributed by atoms with E-state index in [9.17, 15) is 0 Å². The van der Waals surface area contributed by atoms with Gasteiger partial charge in [-0.3, -0.25) is 9.58 Å². The van der Waals surface area contributed by atoms with E-state index in [1.807, 2.05) is 11.7 Å². The molecule has 4 nitrogen and oxygen atoms in total. The molecule has 1 unspecified atom stereocenters. The van der Waals surface area contributed by atoms with Gasteiger partial charge in [-0.2, -0.15) is 5.10 Å². The predicted molar refractivity (Wildman–Crippen MR) is 74.4 cm³/mol. The Balaban J connectivity index is 2.13. The van der Waals surface area contributed by atoms with Crippen LogP contribution in [0.5, 0.6) is 0 Å². The first-order valence-electron chi connectivity index (χ1n) is 7.16. The largest absolute Gasteiger partial charge is 0.329 e. The lowest BCUT2D eigenvalue weighted by molar-refractivity contribution is 0.183. The zero-order valence-electron chi connectivity index (χ0n) is 11.7. The summed E-state index contributed by atoms with van der Waals surface area (Å²) in [5.41, 5.74) is 8.45.